The minimum absolute atomic E-state index is 0. The summed E-state index contributed by atoms with van der Waals surface area (Å²) in [6, 6.07) is 0. The van der Waals surface area contributed by atoms with Crippen molar-refractivity contribution >= 4 is 11.8 Å². The molecule has 0 aromatic heterocycles. The molecular weight excluding hydrogens is 171 g/mol. The third-order valence-corrected chi connectivity index (χ3v) is 0.811. The summed E-state index contributed by atoms with van der Waals surface area (Å²) in [4.78, 5) is 20.8. The van der Waals surface area contributed by atoms with Crippen molar-refractivity contribution in [1.82, 2.24) is 0 Å². The van der Waals surface area contributed by atoms with Gasteiger partial charge < -0.3 is 9.84 Å². The predicted octanol–water partition coefficient (Wildman–Crippen LogP) is -3.61. The maximum Gasteiger partial charge on any atom is 1.00 e. The van der Waals surface area contributed by atoms with Gasteiger partial charge in [-0.3, -0.25) is 4.79 Å². The Hall–Kier alpha value is -0.320. The van der Waals surface area contributed by atoms with Crippen molar-refractivity contribution in [1.29, 1.82) is 0 Å². The number of rotatable bonds is 3. The van der Waals surface area contributed by atoms with Gasteiger partial charge in [-0.25, -0.2) is 4.79 Å². The third kappa shape index (κ3) is 6.39. The van der Waals surface area contributed by atoms with Crippen LogP contribution in [-0.4, -0.2) is 18.4 Å². The molecule has 0 atom stereocenters. The van der Waals surface area contributed by atoms with Crippen LogP contribution in [-0.2, 0) is 14.3 Å². The molecule has 0 aromatic rings. The zero-order chi connectivity index (χ0) is 8.85. The van der Waals surface area contributed by atoms with E-state index >= 15 is 0 Å². The third-order valence-electron chi connectivity index (χ3n) is 0.811. The van der Waals surface area contributed by atoms with Crippen LogP contribution in [0, 0.1) is 0 Å². The zero-order valence-electron chi connectivity index (χ0n) is 7.42. The maximum absolute atomic E-state index is 10.6. The molecule has 0 N–H and O–H groups in total. The summed E-state index contributed by atoms with van der Waals surface area (Å²) in [6.45, 7) is 2.91. The summed E-state index contributed by atoms with van der Waals surface area (Å²) >= 11 is 0. The van der Waals surface area contributed by atoms with E-state index in [9.17, 15) is 14.7 Å². The molecule has 0 unspecified atom stereocenters. The number of ketones is 1. The minimum atomic E-state index is -0.984. The second-order valence-electron chi connectivity index (χ2n) is 1.84. The zero-order valence-corrected chi connectivity index (χ0v) is 9.42. The molecule has 0 saturated carbocycles. The molecule has 0 aromatic carbocycles. The second-order valence-corrected chi connectivity index (χ2v) is 1.84. The van der Waals surface area contributed by atoms with Crippen LogP contribution in [0.3, 0.4) is 0 Å². The first kappa shape index (κ1) is 14.2. The first-order valence-corrected chi connectivity index (χ1v) is 3.14. The van der Waals surface area contributed by atoms with E-state index in [2.05, 4.69) is 4.74 Å². The van der Waals surface area contributed by atoms with Gasteiger partial charge in [0.15, 0.2) is 5.78 Å². The van der Waals surface area contributed by atoms with E-state index in [1.54, 1.807) is 6.92 Å². The van der Waals surface area contributed by atoms with Gasteiger partial charge in [-0.05, 0) is 25.7 Å². The Morgan fingerprint density at radius 2 is 2.00 bits per heavy atom. The van der Waals surface area contributed by atoms with Gasteiger partial charge in [0.25, 0.3) is 0 Å². The summed E-state index contributed by atoms with van der Waals surface area (Å²) in [5, 5.41) is 10.6. The van der Waals surface area contributed by atoms with Gasteiger partial charge in [-0.2, -0.15) is 0 Å². The van der Waals surface area contributed by atoms with E-state index in [0.29, 0.717) is 6.08 Å². The van der Waals surface area contributed by atoms with Crippen molar-refractivity contribution < 1.29 is 49.0 Å². The fourth-order valence-corrected chi connectivity index (χ4v) is 0.446. The molecule has 0 rings (SSSR count). The van der Waals surface area contributed by atoms with Gasteiger partial charge in [-0.1, -0.05) is 0 Å². The molecule has 5 heteroatoms. The van der Waals surface area contributed by atoms with Crippen molar-refractivity contribution in [3.63, 3.8) is 0 Å². The Labute approximate surface area is 92.9 Å². The van der Waals surface area contributed by atoms with Gasteiger partial charge in [0.2, 0.25) is 0 Å². The van der Waals surface area contributed by atoms with Crippen LogP contribution in [0.2, 0.25) is 0 Å². The molecule has 0 heterocycles. The smallest absolute Gasteiger partial charge is 0.868 e. The molecule has 0 radical (unpaired) electrons. The quantitative estimate of drug-likeness (QED) is 0.195. The van der Waals surface area contributed by atoms with E-state index in [4.69, 9.17) is 0 Å². The first-order chi connectivity index (χ1) is 5.07. The van der Waals surface area contributed by atoms with Crippen molar-refractivity contribution in [3.05, 3.63) is 11.8 Å². The normalized spacial score (nSPS) is 10.0. The van der Waals surface area contributed by atoms with Gasteiger partial charge in [0.05, 0.1) is 6.61 Å². The Morgan fingerprint density at radius 1 is 1.50 bits per heavy atom. The minimum Gasteiger partial charge on any atom is -0.868 e. The summed E-state index contributed by atoms with van der Waals surface area (Å²) in [6.07, 6.45) is 0.706. The Balaban J connectivity index is 0. The van der Waals surface area contributed by atoms with Crippen molar-refractivity contribution in [3.8, 4) is 0 Å². The Kier molecular flexibility index (Phi) is 8.69. The predicted molar refractivity (Wildman–Crippen MR) is 35.4 cm³/mol. The van der Waals surface area contributed by atoms with Crippen LogP contribution in [0.5, 0.6) is 0 Å². The van der Waals surface area contributed by atoms with Crippen LogP contribution in [0.1, 0.15) is 13.8 Å². The van der Waals surface area contributed by atoms with Crippen molar-refractivity contribution in [2.45, 2.75) is 13.8 Å². The van der Waals surface area contributed by atoms with E-state index in [0.717, 1.165) is 0 Å². The topological polar surface area (TPSA) is 66.4 Å². The Bertz CT molecular complexity index is 198. The van der Waals surface area contributed by atoms with E-state index in [-0.39, 0.29) is 36.2 Å². The molecule has 0 fully saturated rings. The number of esters is 1. The van der Waals surface area contributed by atoms with Crippen LogP contribution >= 0.6 is 0 Å². The standard InChI is InChI=1S/C7H10O4.Na/c1-3-11-7(10)6(9)4-5(2)8;/h4,9H,3H2,1-2H3;/q;+1/p-1. The summed E-state index contributed by atoms with van der Waals surface area (Å²) in [5.41, 5.74) is 0. The van der Waals surface area contributed by atoms with Gasteiger partial charge >= 0.3 is 35.5 Å². The molecule has 0 aliphatic carbocycles. The summed E-state index contributed by atoms with van der Waals surface area (Å²) in [7, 11) is 0. The van der Waals surface area contributed by atoms with E-state index < -0.39 is 17.5 Å². The number of carbonyl (C=O) groups excluding carboxylic acids is 2. The molecule has 12 heavy (non-hydrogen) atoms. The molecule has 0 saturated heterocycles. The monoisotopic (exact) mass is 180 g/mol. The maximum atomic E-state index is 10.6. The van der Waals surface area contributed by atoms with Crippen molar-refractivity contribution in [2.24, 2.45) is 0 Å². The van der Waals surface area contributed by atoms with Crippen molar-refractivity contribution in [2.75, 3.05) is 6.61 Å². The van der Waals surface area contributed by atoms with E-state index in [1.807, 2.05) is 0 Å². The van der Waals surface area contributed by atoms with Crippen LogP contribution in [0.25, 0.3) is 0 Å². The molecule has 0 aliphatic rings. The molecule has 0 spiro atoms. The number of hydrogen-bond acceptors (Lipinski definition) is 4. The average Bonchev–Trinajstić information content (AvgIpc) is 1.86. The number of ether oxygens (including phenoxy) is 1. The van der Waals surface area contributed by atoms with Gasteiger partial charge in [0, 0.05) is 0 Å². The second kappa shape index (κ2) is 7.34. The number of allylic oxidation sites excluding steroid dienone is 1. The van der Waals surface area contributed by atoms with Crippen LogP contribution in [0.15, 0.2) is 11.8 Å². The molecule has 0 aliphatic heterocycles. The SMILES string of the molecule is CCOC(=O)C([O-])=CC(C)=O.[Na+]. The molecular formula is C7H9NaO4. The van der Waals surface area contributed by atoms with Gasteiger partial charge in [0.1, 0.15) is 0 Å². The molecule has 0 bridgehead atoms. The molecule has 62 valence electrons. The average molecular weight is 180 g/mol. The summed E-state index contributed by atoms with van der Waals surface area (Å²) < 4.78 is 4.33. The molecule has 4 nitrogen and oxygen atoms in total. The summed E-state index contributed by atoms with van der Waals surface area (Å²) in [5.74, 6) is -2.34. The Morgan fingerprint density at radius 3 is 2.33 bits per heavy atom. The number of carbonyl (C=O) groups is 2. The van der Waals surface area contributed by atoms with E-state index in [1.165, 1.54) is 6.92 Å². The largest absolute Gasteiger partial charge is 1.00 e. The first-order valence-electron chi connectivity index (χ1n) is 3.14. The van der Waals surface area contributed by atoms with Crippen LogP contribution in [0.4, 0.5) is 0 Å². The number of hydrogen-bond donors (Lipinski definition) is 0. The van der Waals surface area contributed by atoms with Gasteiger partial charge in [-0.15, -0.1) is 0 Å². The van der Waals surface area contributed by atoms with Crippen LogP contribution < -0.4 is 34.7 Å². The fourth-order valence-electron chi connectivity index (χ4n) is 0.446. The fraction of sp³-hybridized carbons (Fsp3) is 0.429. The molecule has 0 amide bonds.